The first-order chi connectivity index (χ1) is 5.97. The standard InChI is InChI=1S/C11H18O/c1-2-5-10(4-1)11-6-3-8-12-9-7-11/h6,10H,1-5,7-9H2. The molecule has 1 saturated carbocycles. The van der Waals surface area contributed by atoms with Crippen molar-refractivity contribution in [1.29, 1.82) is 0 Å². The highest BCUT2D eigenvalue weighted by Gasteiger charge is 2.19. The SMILES string of the molecule is C1=C(C2CCCC2)CCOCC1. The molecule has 0 unspecified atom stereocenters. The molecule has 1 heteroatoms. The van der Waals surface area contributed by atoms with Gasteiger partial charge in [0.05, 0.1) is 13.2 Å². The summed E-state index contributed by atoms with van der Waals surface area (Å²) < 4.78 is 5.43. The quantitative estimate of drug-likeness (QED) is 0.544. The van der Waals surface area contributed by atoms with Gasteiger partial charge < -0.3 is 4.74 Å². The van der Waals surface area contributed by atoms with E-state index < -0.39 is 0 Å². The van der Waals surface area contributed by atoms with Crippen LogP contribution in [0.5, 0.6) is 0 Å². The molecule has 0 amide bonds. The van der Waals surface area contributed by atoms with Crippen molar-refractivity contribution >= 4 is 0 Å². The second kappa shape index (κ2) is 4.08. The van der Waals surface area contributed by atoms with Crippen LogP contribution in [0.3, 0.4) is 0 Å². The van der Waals surface area contributed by atoms with Gasteiger partial charge in [-0.15, -0.1) is 0 Å². The normalized spacial score (nSPS) is 26.8. The minimum Gasteiger partial charge on any atom is -0.381 e. The van der Waals surface area contributed by atoms with Crippen molar-refractivity contribution in [1.82, 2.24) is 0 Å². The van der Waals surface area contributed by atoms with E-state index in [1.165, 1.54) is 32.1 Å². The second-order valence-electron chi connectivity index (χ2n) is 3.91. The van der Waals surface area contributed by atoms with E-state index >= 15 is 0 Å². The summed E-state index contributed by atoms with van der Waals surface area (Å²) in [5, 5.41) is 0. The van der Waals surface area contributed by atoms with Crippen LogP contribution in [-0.2, 0) is 4.74 Å². The second-order valence-corrected chi connectivity index (χ2v) is 3.91. The zero-order valence-electron chi connectivity index (χ0n) is 7.72. The first kappa shape index (κ1) is 8.31. The molecule has 1 aliphatic heterocycles. The fourth-order valence-corrected chi connectivity index (χ4v) is 2.39. The molecule has 1 nitrogen and oxygen atoms in total. The molecule has 0 bridgehead atoms. The Kier molecular flexibility index (Phi) is 2.83. The number of rotatable bonds is 1. The maximum absolute atomic E-state index is 5.43. The largest absolute Gasteiger partial charge is 0.381 e. The van der Waals surface area contributed by atoms with Gasteiger partial charge in [0.2, 0.25) is 0 Å². The summed E-state index contributed by atoms with van der Waals surface area (Å²) in [5.74, 6) is 0.923. The van der Waals surface area contributed by atoms with E-state index in [2.05, 4.69) is 6.08 Å². The maximum Gasteiger partial charge on any atom is 0.0503 e. The smallest absolute Gasteiger partial charge is 0.0503 e. The summed E-state index contributed by atoms with van der Waals surface area (Å²) >= 11 is 0. The molecule has 0 atom stereocenters. The molecule has 0 N–H and O–H groups in total. The van der Waals surface area contributed by atoms with Crippen LogP contribution in [0.15, 0.2) is 11.6 Å². The molecule has 0 saturated heterocycles. The molecule has 68 valence electrons. The lowest BCUT2D eigenvalue weighted by molar-refractivity contribution is 0.146. The summed E-state index contributed by atoms with van der Waals surface area (Å²) in [6.45, 7) is 1.90. The zero-order chi connectivity index (χ0) is 8.23. The van der Waals surface area contributed by atoms with E-state index in [1.54, 1.807) is 5.57 Å². The Morgan fingerprint density at radius 2 is 2.00 bits per heavy atom. The van der Waals surface area contributed by atoms with Gasteiger partial charge in [-0.05, 0) is 31.6 Å². The maximum atomic E-state index is 5.43. The van der Waals surface area contributed by atoms with E-state index in [4.69, 9.17) is 4.74 Å². The topological polar surface area (TPSA) is 9.23 Å². The molecule has 0 spiro atoms. The number of hydrogen-bond donors (Lipinski definition) is 0. The van der Waals surface area contributed by atoms with Crippen LogP contribution in [-0.4, -0.2) is 13.2 Å². The van der Waals surface area contributed by atoms with Gasteiger partial charge in [-0.1, -0.05) is 24.5 Å². The molecule has 1 heterocycles. The molecular formula is C11H18O. The Morgan fingerprint density at radius 3 is 2.83 bits per heavy atom. The molecule has 0 radical (unpaired) electrons. The Morgan fingerprint density at radius 1 is 1.17 bits per heavy atom. The molecule has 1 fully saturated rings. The lowest BCUT2D eigenvalue weighted by Gasteiger charge is -2.12. The van der Waals surface area contributed by atoms with E-state index in [-0.39, 0.29) is 0 Å². The first-order valence-electron chi connectivity index (χ1n) is 5.23. The van der Waals surface area contributed by atoms with E-state index in [0.29, 0.717) is 0 Å². The predicted octanol–water partition coefficient (Wildman–Crippen LogP) is 2.91. The Balaban J connectivity index is 1.95. The van der Waals surface area contributed by atoms with Crippen molar-refractivity contribution in [2.75, 3.05) is 13.2 Å². The third-order valence-corrected chi connectivity index (χ3v) is 3.08. The molecular weight excluding hydrogens is 148 g/mol. The van der Waals surface area contributed by atoms with Crippen LogP contribution < -0.4 is 0 Å². The van der Waals surface area contributed by atoms with E-state index in [0.717, 1.165) is 25.6 Å². The average Bonchev–Trinajstić information content (AvgIpc) is 2.48. The summed E-state index contributed by atoms with van der Waals surface area (Å²) in [5.41, 5.74) is 1.70. The van der Waals surface area contributed by atoms with Gasteiger partial charge in [0, 0.05) is 0 Å². The molecule has 0 aromatic rings. The van der Waals surface area contributed by atoms with Gasteiger partial charge in [0.25, 0.3) is 0 Å². The van der Waals surface area contributed by atoms with Gasteiger partial charge in [0.15, 0.2) is 0 Å². The van der Waals surface area contributed by atoms with Crippen LogP contribution >= 0.6 is 0 Å². The van der Waals surface area contributed by atoms with E-state index in [1.807, 2.05) is 0 Å². The summed E-state index contributed by atoms with van der Waals surface area (Å²) in [4.78, 5) is 0. The highest BCUT2D eigenvalue weighted by atomic mass is 16.5. The van der Waals surface area contributed by atoms with Crippen molar-refractivity contribution in [2.24, 2.45) is 5.92 Å². The molecule has 2 aliphatic rings. The van der Waals surface area contributed by atoms with Crippen LogP contribution in [0.1, 0.15) is 38.5 Å². The Hall–Kier alpha value is -0.300. The van der Waals surface area contributed by atoms with E-state index in [9.17, 15) is 0 Å². The third-order valence-electron chi connectivity index (χ3n) is 3.08. The van der Waals surface area contributed by atoms with Crippen molar-refractivity contribution in [2.45, 2.75) is 38.5 Å². The zero-order valence-corrected chi connectivity index (χ0v) is 7.72. The third kappa shape index (κ3) is 1.89. The molecule has 12 heavy (non-hydrogen) atoms. The fourth-order valence-electron chi connectivity index (χ4n) is 2.39. The van der Waals surface area contributed by atoms with Gasteiger partial charge in [0.1, 0.15) is 0 Å². The number of ether oxygens (including phenoxy) is 1. The molecule has 0 aromatic heterocycles. The molecule has 2 rings (SSSR count). The number of hydrogen-bond acceptors (Lipinski definition) is 1. The summed E-state index contributed by atoms with van der Waals surface area (Å²) in [6, 6.07) is 0. The summed E-state index contributed by atoms with van der Waals surface area (Å²) in [6.07, 6.45) is 10.5. The fraction of sp³-hybridized carbons (Fsp3) is 0.818. The average molecular weight is 166 g/mol. The van der Waals surface area contributed by atoms with Crippen molar-refractivity contribution in [3.8, 4) is 0 Å². The van der Waals surface area contributed by atoms with Crippen LogP contribution in [0.4, 0.5) is 0 Å². The minimum absolute atomic E-state index is 0.923. The van der Waals surface area contributed by atoms with Crippen molar-refractivity contribution in [3.05, 3.63) is 11.6 Å². The highest BCUT2D eigenvalue weighted by Crippen LogP contribution is 2.33. The Labute approximate surface area is 74.8 Å². The van der Waals surface area contributed by atoms with Crippen molar-refractivity contribution in [3.63, 3.8) is 0 Å². The van der Waals surface area contributed by atoms with Gasteiger partial charge in [-0.2, -0.15) is 0 Å². The van der Waals surface area contributed by atoms with Gasteiger partial charge in [-0.3, -0.25) is 0 Å². The predicted molar refractivity (Wildman–Crippen MR) is 50.1 cm³/mol. The Bertz CT molecular complexity index is 166. The van der Waals surface area contributed by atoms with Crippen LogP contribution in [0.2, 0.25) is 0 Å². The molecule has 1 aliphatic carbocycles. The lowest BCUT2D eigenvalue weighted by atomic mass is 9.94. The monoisotopic (exact) mass is 166 g/mol. The van der Waals surface area contributed by atoms with Gasteiger partial charge >= 0.3 is 0 Å². The van der Waals surface area contributed by atoms with Crippen molar-refractivity contribution < 1.29 is 4.74 Å². The lowest BCUT2D eigenvalue weighted by Crippen LogP contribution is -2.00. The highest BCUT2D eigenvalue weighted by molar-refractivity contribution is 5.09. The minimum atomic E-state index is 0.923. The van der Waals surface area contributed by atoms with Gasteiger partial charge in [-0.25, -0.2) is 0 Å². The van der Waals surface area contributed by atoms with Crippen LogP contribution in [0, 0.1) is 5.92 Å². The van der Waals surface area contributed by atoms with Crippen LogP contribution in [0.25, 0.3) is 0 Å². The first-order valence-corrected chi connectivity index (χ1v) is 5.23. The molecule has 0 aromatic carbocycles. The summed E-state index contributed by atoms with van der Waals surface area (Å²) in [7, 11) is 0.